The smallest absolute Gasteiger partial charge is 0.267 e. The van der Waals surface area contributed by atoms with Gasteiger partial charge in [-0.1, -0.05) is 24.3 Å². The minimum Gasteiger partial charge on any atom is -0.396 e. The molecule has 5 rings (SSSR count). The summed E-state index contributed by atoms with van der Waals surface area (Å²) in [6.45, 7) is 0.132. The van der Waals surface area contributed by atoms with Crippen molar-refractivity contribution in [2.24, 2.45) is 0 Å². The van der Waals surface area contributed by atoms with E-state index in [0.717, 1.165) is 16.6 Å². The molecule has 8 heteroatoms. The van der Waals surface area contributed by atoms with Crippen LogP contribution in [-0.4, -0.2) is 36.3 Å². The van der Waals surface area contributed by atoms with Crippen LogP contribution in [0.3, 0.4) is 0 Å². The second kappa shape index (κ2) is 6.99. The number of H-pyrrole nitrogens is 1. The number of aromatic amines is 1. The summed E-state index contributed by atoms with van der Waals surface area (Å²) in [7, 11) is 0. The highest BCUT2D eigenvalue weighted by Crippen LogP contribution is 2.25. The van der Waals surface area contributed by atoms with Crippen molar-refractivity contribution in [3.05, 3.63) is 70.6 Å². The van der Waals surface area contributed by atoms with Crippen LogP contribution in [0.1, 0.15) is 12.1 Å². The zero-order valence-corrected chi connectivity index (χ0v) is 15.5. The molecule has 2 aromatic carbocycles. The molecule has 144 valence electrons. The Kier molecular flexibility index (Phi) is 4.18. The predicted molar refractivity (Wildman–Crippen MR) is 112 cm³/mol. The van der Waals surface area contributed by atoms with Crippen LogP contribution < -0.4 is 10.9 Å². The average molecular weight is 386 g/mol. The summed E-state index contributed by atoms with van der Waals surface area (Å²) < 4.78 is 1.54. The number of para-hydroxylation sites is 2. The highest BCUT2D eigenvalue weighted by Gasteiger charge is 2.14. The number of hydrogen-bond acceptors (Lipinski definition) is 6. The standard InChI is InChI=1S/C21H18N6O2/c28-11-5-6-13-12-18(26-25-13)23-19-15-8-2-4-10-17(15)27-20(29)14-7-1-3-9-16(14)22-21(27)24-19/h1-4,7-10,12,28H,5-6,11H2,(H2,22,23,24,25,26). The molecule has 0 radical (unpaired) electrons. The van der Waals surface area contributed by atoms with Gasteiger partial charge in [0.15, 0.2) is 5.82 Å². The number of aromatic nitrogens is 5. The number of anilines is 2. The molecule has 0 aliphatic carbocycles. The first-order chi connectivity index (χ1) is 14.2. The molecular formula is C21H18N6O2. The SMILES string of the molecule is O=c1c2ccccc2nc2nc(Nc3cc(CCCO)[nH]n3)c3ccccc3n12. The minimum atomic E-state index is -0.146. The number of rotatable bonds is 5. The molecule has 0 saturated carbocycles. The lowest BCUT2D eigenvalue weighted by Gasteiger charge is -2.11. The van der Waals surface area contributed by atoms with Gasteiger partial charge >= 0.3 is 0 Å². The summed E-state index contributed by atoms with van der Waals surface area (Å²) in [4.78, 5) is 22.3. The first-order valence-corrected chi connectivity index (χ1v) is 9.37. The fourth-order valence-electron chi connectivity index (χ4n) is 3.48. The molecule has 29 heavy (non-hydrogen) atoms. The molecule has 0 unspecified atom stereocenters. The van der Waals surface area contributed by atoms with Gasteiger partial charge < -0.3 is 10.4 Å². The Labute approximate surface area is 164 Å². The van der Waals surface area contributed by atoms with Crippen LogP contribution in [0.15, 0.2) is 59.4 Å². The Balaban J connectivity index is 1.70. The van der Waals surface area contributed by atoms with Gasteiger partial charge in [-0.05, 0) is 37.1 Å². The van der Waals surface area contributed by atoms with E-state index in [0.29, 0.717) is 41.2 Å². The van der Waals surface area contributed by atoms with Crippen LogP contribution in [0.2, 0.25) is 0 Å². The van der Waals surface area contributed by atoms with E-state index >= 15 is 0 Å². The first kappa shape index (κ1) is 17.3. The van der Waals surface area contributed by atoms with Crippen molar-refractivity contribution in [3.63, 3.8) is 0 Å². The van der Waals surface area contributed by atoms with Gasteiger partial charge in [-0.2, -0.15) is 10.1 Å². The molecule has 0 saturated heterocycles. The maximum Gasteiger partial charge on any atom is 0.267 e. The Morgan fingerprint density at radius 3 is 2.69 bits per heavy atom. The highest BCUT2D eigenvalue weighted by molar-refractivity contribution is 5.93. The van der Waals surface area contributed by atoms with E-state index in [1.54, 1.807) is 10.5 Å². The zero-order valence-electron chi connectivity index (χ0n) is 15.5. The fraction of sp³-hybridized carbons (Fsp3) is 0.143. The normalized spacial score (nSPS) is 11.5. The number of nitrogens with one attached hydrogen (secondary N) is 2. The van der Waals surface area contributed by atoms with Crippen LogP contribution >= 0.6 is 0 Å². The Morgan fingerprint density at radius 1 is 1.03 bits per heavy atom. The molecule has 8 nitrogen and oxygen atoms in total. The van der Waals surface area contributed by atoms with E-state index in [1.807, 2.05) is 48.5 Å². The third-order valence-electron chi connectivity index (χ3n) is 4.85. The fourth-order valence-corrected chi connectivity index (χ4v) is 3.48. The van der Waals surface area contributed by atoms with Crippen molar-refractivity contribution in [2.75, 3.05) is 11.9 Å². The molecule has 3 heterocycles. The largest absolute Gasteiger partial charge is 0.396 e. The Morgan fingerprint density at radius 2 is 1.83 bits per heavy atom. The number of aliphatic hydroxyl groups is 1. The summed E-state index contributed by atoms with van der Waals surface area (Å²) in [5, 5.41) is 20.8. The molecule has 5 aromatic rings. The molecule has 3 N–H and O–H groups in total. The maximum absolute atomic E-state index is 13.1. The molecule has 3 aromatic heterocycles. The number of aliphatic hydroxyl groups excluding tert-OH is 1. The lowest BCUT2D eigenvalue weighted by Crippen LogP contribution is -2.18. The van der Waals surface area contributed by atoms with Gasteiger partial charge in [0, 0.05) is 23.8 Å². The van der Waals surface area contributed by atoms with E-state index in [9.17, 15) is 4.79 Å². The molecule has 0 aliphatic rings. The van der Waals surface area contributed by atoms with Crippen LogP contribution in [0.5, 0.6) is 0 Å². The molecule has 0 bridgehead atoms. The van der Waals surface area contributed by atoms with E-state index in [1.165, 1.54) is 0 Å². The topological polar surface area (TPSA) is 108 Å². The van der Waals surface area contributed by atoms with Gasteiger partial charge in [0.05, 0.1) is 16.4 Å². The molecule has 0 aliphatic heterocycles. The number of nitrogens with zero attached hydrogens (tertiary/aromatic N) is 4. The second-order valence-electron chi connectivity index (χ2n) is 6.78. The van der Waals surface area contributed by atoms with Gasteiger partial charge in [-0.15, -0.1) is 0 Å². The monoisotopic (exact) mass is 386 g/mol. The quantitative estimate of drug-likeness (QED) is 0.317. The summed E-state index contributed by atoms with van der Waals surface area (Å²) >= 11 is 0. The lowest BCUT2D eigenvalue weighted by atomic mass is 10.2. The number of fused-ring (bicyclic) bond motifs is 4. The minimum absolute atomic E-state index is 0.132. The maximum atomic E-state index is 13.1. The molecule has 0 spiro atoms. The Hall–Kier alpha value is -3.78. The third-order valence-corrected chi connectivity index (χ3v) is 4.85. The third kappa shape index (κ3) is 2.99. The van der Waals surface area contributed by atoms with Crippen molar-refractivity contribution < 1.29 is 5.11 Å². The summed E-state index contributed by atoms with van der Waals surface area (Å²) in [5.41, 5.74) is 2.11. The van der Waals surface area contributed by atoms with Crippen molar-refractivity contribution in [3.8, 4) is 0 Å². The number of aryl methyl sites for hydroxylation is 1. The van der Waals surface area contributed by atoms with Crippen molar-refractivity contribution in [1.82, 2.24) is 24.6 Å². The van der Waals surface area contributed by atoms with Gasteiger partial charge in [-0.25, -0.2) is 9.38 Å². The van der Waals surface area contributed by atoms with Gasteiger partial charge in [0.25, 0.3) is 5.56 Å². The van der Waals surface area contributed by atoms with E-state index in [-0.39, 0.29) is 12.2 Å². The first-order valence-electron chi connectivity index (χ1n) is 9.37. The second-order valence-corrected chi connectivity index (χ2v) is 6.78. The number of benzene rings is 2. The summed E-state index contributed by atoms with van der Waals surface area (Å²) in [5.74, 6) is 1.51. The zero-order chi connectivity index (χ0) is 19.8. The van der Waals surface area contributed by atoms with E-state index < -0.39 is 0 Å². The van der Waals surface area contributed by atoms with E-state index in [4.69, 9.17) is 5.11 Å². The lowest BCUT2D eigenvalue weighted by molar-refractivity contribution is 0.288. The van der Waals surface area contributed by atoms with Crippen LogP contribution in [-0.2, 0) is 6.42 Å². The van der Waals surface area contributed by atoms with Crippen LogP contribution in [0.25, 0.3) is 27.6 Å². The van der Waals surface area contributed by atoms with Gasteiger partial charge in [-0.3, -0.25) is 9.89 Å². The van der Waals surface area contributed by atoms with Crippen molar-refractivity contribution in [1.29, 1.82) is 0 Å². The highest BCUT2D eigenvalue weighted by atomic mass is 16.2. The van der Waals surface area contributed by atoms with Crippen LogP contribution in [0, 0.1) is 0 Å². The van der Waals surface area contributed by atoms with E-state index in [2.05, 4.69) is 25.5 Å². The molecule has 0 amide bonds. The van der Waals surface area contributed by atoms with Gasteiger partial charge in [0.1, 0.15) is 5.82 Å². The Bertz CT molecular complexity index is 1410. The molecule has 0 atom stereocenters. The van der Waals surface area contributed by atoms with Crippen molar-refractivity contribution >= 4 is 39.2 Å². The van der Waals surface area contributed by atoms with Crippen molar-refractivity contribution in [2.45, 2.75) is 12.8 Å². The summed E-state index contributed by atoms with van der Waals surface area (Å²) in [6, 6.07) is 16.7. The molecular weight excluding hydrogens is 368 g/mol. The van der Waals surface area contributed by atoms with Crippen LogP contribution in [0.4, 0.5) is 11.6 Å². The van der Waals surface area contributed by atoms with Gasteiger partial charge in [0.2, 0.25) is 5.78 Å². The number of hydrogen-bond donors (Lipinski definition) is 3. The average Bonchev–Trinajstić information content (AvgIpc) is 3.19. The molecule has 0 fully saturated rings. The summed E-state index contributed by atoms with van der Waals surface area (Å²) in [6.07, 6.45) is 1.37. The predicted octanol–water partition coefficient (Wildman–Crippen LogP) is 2.79.